The highest BCUT2D eigenvalue weighted by Crippen LogP contribution is 2.45. The third-order valence-electron chi connectivity index (χ3n) is 16.9. The summed E-state index contributed by atoms with van der Waals surface area (Å²) in [6.07, 6.45) is 84.6. The van der Waals surface area contributed by atoms with Gasteiger partial charge in [0.2, 0.25) is 0 Å². The maximum Gasteiger partial charge on any atom is 0.472 e. The van der Waals surface area contributed by atoms with Crippen LogP contribution in [0.3, 0.4) is 0 Å². The van der Waals surface area contributed by atoms with Gasteiger partial charge in [0.15, 0.2) is 12.2 Å². The standard InChI is InChI=1S/C85H146O17P2/c1-5-9-13-17-21-25-29-33-36-38-39-41-44-47-50-54-58-62-66-70-83(88)96-76-81(102-85(90)72-68-64-60-56-52-48-42-35-31-27-23-19-15-11-7-3)78-100-104(93,94)98-74-79(86)73-97-103(91,92)99-77-80(101-84(89)71-67-63-59-55-51-45-32-28-24-20-16-12-8-4)75-95-82(87)69-65-61-57-53-49-46-43-40-37-34-30-26-22-18-14-10-6-2/h9-10,13-14,21-22,25-26,28,32-34,36-37,39,41,43,46,53,57,79-81,86H,5-8,11-12,15-20,23-24,27,29-31,35,38,40,42,44-45,47-52,54-56,58-78H2,1-4H3,(H,91,92)(H,93,94)/b13-9-,14-10-,25-21-,26-22-,32-28-,36-33-,37-34-,41-39-,46-43-,57-53-. The Morgan fingerprint density at radius 3 is 0.827 bits per heavy atom. The van der Waals surface area contributed by atoms with Crippen molar-refractivity contribution in [3.8, 4) is 0 Å². The molecule has 0 amide bonds. The van der Waals surface area contributed by atoms with E-state index in [1.54, 1.807) is 0 Å². The summed E-state index contributed by atoms with van der Waals surface area (Å²) < 4.78 is 68.6. The van der Waals surface area contributed by atoms with Gasteiger partial charge in [0.1, 0.15) is 19.3 Å². The molecule has 0 aromatic heterocycles. The first-order chi connectivity index (χ1) is 50.7. The van der Waals surface area contributed by atoms with Crippen molar-refractivity contribution < 1.29 is 80.2 Å². The number of aliphatic hydroxyl groups is 1. The number of carbonyl (C=O) groups excluding carboxylic acids is 4. The summed E-state index contributed by atoms with van der Waals surface area (Å²) in [4.78, 5) is 73.0. The van der Waals surface area contributed by atoms with E-state index < -0.39 is 97.5 Å². The molecular formula is C85H146O17P2. The highest BCUT2D eigenvalue weighted by Gasteiger charge is 2.30. The molecule has 0 radical (unpaired) electrons. The lowest BCUT2D eigenvalue weighted by Crippen LogP contribution is -2.30. The van der Waals surface area contributed by atoms with E-state index in [0.29, 0.717) is 32.1 Å². The molecular weight excluding hydrogens is 1350 g/mol. The number of hydrogen-bond donors (Lipinski definition) is 3. The van der Waals surface area contributed by atoms with E-state index in [9.17, 15) is 43.2 Å². The number of unbranched alkanes of at least 4 members (excludes halogenated alkanes) is 30. The van der Waals surface area contributed by atoms with Crippen LogP contribution in [0.5, 0.6) is 0 Å². The Balaban J connectivity index is 5.39. The van der Waals surface area contributed by atoms with Gasteiger partial charge in [0, 0.05) is 25.7 Å². The van der Waals surface area contributed by atoms with Crippen LogP contribution < -0.4 is 0 Å². The van der Waals surface area contributed by atoms with Crippen LogP contribution in [0.4, 0.5) is 0 Å². The molecule has 0 aromatic carbocycles. The number of aliphatic hydroxyl groups excluding tert-OH is 1. The van der Waals surface area contributed by atoms with Gasteiger partial charge in [-0.05, 0) is 128 Å². The largest absolute Gasteiger partial charge is 0.472 e. The average molecular weight is 1500 g/mol. The molecule has 0 bridgehead atoms. The maximum atomic E-state index is 13.1. The lowest BCUT2D eigenvalue weighted by molar-refractivity contribution is -0.161. The molecule has 0 heterocycles. The van der Waals surface area contributed by atoms with Crippen LogP contribution in [0.2, 0.25) is 0 Å². The third-order valence-corrected chi connectivity index (χ3v) is 18.8. The van der Waals surface area contributed by atoms with Crippen LogP contribution in [0.25, 0.3) is 0 Å². The number of hydrogen-bond acceptors (Lipinski definition) is 15. The maximum absolute atomic E-state index is 13.1. The number of phosphoric acid groups is 2. The van der Waals surface area contributed by atoms with Crippen molar-refractivity contribution in [1.82, 2.24) is 0 Å². The van der Waals surface area contributed by atoms with Gasteiger partial charge in [-0.3, -0.25) is 37.3 Å². The summed E-state index contributed by atoms with van der Waals surface area (Å²) >= 11 is 0. The van der Waals surface area contributed by atoms with E-state index in [0.717, 1.165) is 161 Å². The molecule has 0 aliphatic rings. The molecule has 0 spiro atoms. The topological polar surface area (TPSA) is 237 Å². The van der Waals surface area contributed by atoms with Gasteiger partial charge in [-0.25, -0.2) is 9.13 Å². The third kappa shape index (κ3) is 75.7. The zero-order chi connectivity index (χ0) is 76.0. The van der Waals surface area contributed by atoms with Crippen LogP contribution >= 0.6 is 15.6 Å². The molecule has 0 aromatic rings. The second-order valence-corrected chi connectivity index (χ2v) is 29.9. The van der Waals surface area contributed by atoms with Crippen molar-refractivity contribution in [3.63, 3.8) is 0 Å². The zero-order valence-electron chi connectivity index (χ0n) is 65.4. The first kappa shape index (κ1) is 99.5. The van der Waals surface area contributed by atoms with Crippen molar-refractivity contribution in [2.24, 2.45) is 0 Å². The van der Waals surface area contributed by atoms with E-state index >= 15 is 0 Å². The monoisotopic (exact) mass is 1500 g/mol. The van der Waals surface area contributed by atoms with Gasteiger partial charge in [-0.15, -0.1) is 0 Å². The predicted molar refractivity (Wildman–Crippen MR) is 427 cm³/mol. The summed E-state index contributed by atoms with van der Waals surface area (Å²) in [6, 6.07) is 0. The van der Waals surface area contributed by atoms with Crippen molar-refractivity contribution in [2.45, 2.75) is 354 Å². The highest BCUT2D eigenvalue weighted by molar-refractivity contribution is 7.47. The number of carbonyl (C=O) groups is 4. The SMILES string of the molecule is CC/C=C\C/C=C\C/C=C\C/C=C\C/C=C\CCCC(=O)OCC(COP(=O)(O)OCC(O)COP(=O)(O)OCC(COC(=O)CCCCCCCC/C=C\C/C=C\C/C=C\C/C=C\CC)OC(=O)CCCCCCCCCCCCCCCCC)OC(=O)CCCCCCC/C=C\CCCCCC. The second-order valence-electron chi connectivity index (χ2n) is 27.0. The van der Waals surface area contributed by atoms with Crippen LogP contribution in [-0.2, 0) is 65.4 Å². The Morgan fingerprint density at radius 1 is 0.279 bits per heavy atom. The fraction of sp³-hybridized carbons (Fsp3) is 0.718. The molecule has 598 valence electrons. The van der Waals surface area contributed by atoms with Crippen LogP contribution in [0.15, 0.2) is 122 Å². The first-order valence-corrected chi connectivity index (χ1v) is 43.8. The molecule has 17 nitrogen and oxygen atoms in total. The van der Waals surface area contributed by atoms with E-state index in [2.05, 4.69) is 137 Å². The average Bonchev–Trinajstić information content (AvgIpc) is 0.918. The predicted octanol–water partition coefficient (Wildman–Crippen LogP) is 23.9. The summed E-state index contributed by atoms with van der Waals surface area (Å²) in [5.74, 6) is -2.25. The molecule has 0 rings (SSSR count). The Kier molecular flexibility index (Phi) is 73.3. The minimum Gasteiger partial charge on any atom is -0.462 e. The van der Waals surface area contributed by atoms with Crippen molar-refractivity contribution >= 4 is 39.5 Å². The Hall–Kier alpha value is -4.54. The van der Waals surface area contributed by atoms with Crippen LogP contribution in [0.1, 0.15) is 336 Å². The summed E-state index contributed by atoms with van der Waals surface area (Å²) in [5, 5.41) is 10.6. The number of allylic oxidation sites excluding steroid dienone is 20. The lowest BCUT2D eigenvalue weighted by atomic mass is 10.0. The number of ether oxygens (including phenoxy) is 4. The molecule has 0 aliphatic heterocycles. The van der Waals surface area contributed by atoms with Gasteiger partial charge < -0.3 is 33.8 Å². The molecule has 5 atom stereocenters. The molecule has 0 aliphatic carbocycles. The Morgan fingerprint density at radius 2 is 0.510 bits per heavy atom. The smallest absolute Gasteiger partial charge is 0.462 e. The molecule has 0 saturated heterocycles. The van der Waals surface area contributed by atoms with Gasteiger partial charge in [-0.1, -0.05) is 303 Å². The van der Waals surface area contributed by atoms with E-state index in [1.165, 1.54) is 89.9 Å². The Bertz CT molecular complexity index is 2440. The Labute approximate surface area is 632 Å². The normalized spacial score (nSPS) is 14.5. The van der Waals surface area contributed by atoms with E-state index in [4.69, 9.17) is 37.0 Å². The summed E-state index contributed by atoms with van der Waals surface area (Å²) in [5.41, 5.74) is 0. The quantitative estimate of drug-likeness (QED) is 0.0169. The van der Waals surface area contributed by atoms with Crippen molar-refractivity contribution in [2.75, 3.05) is 39.6 Å². The molecule has 19 heteroatoms. The molecule has 104 heavy (non-hydrogen) atoms. The van der Waals surface area contributed by atoms with Gasteiger partial charge >= 0.3 is 39.5 Å². The first-order valence-electron chi connectivity index (χ1n) is 40.8. The van der Waals surface area contributed by atoms with E-state index in [-0.39, 0.29) is 25.7 Å². The highest BCUT2D eigenvalue weighted by atomic mass is 31.2. The van der Waals surface area contributed by atoms with Crippen molar-refractivity contribution in [3.05, 3.63) is 122 Å². The second kappa shape index (κ2) is 76.6. The minimum atomic E-state index is -4.99. The van der Waals surface area contributed by atoms with Gasteiger partial charge in [0.05, 0.1) is 26.4 Å². The van der Waals surface area contributed by atoms with Gasteiger partial charge in [-0.2, -0.15) is 0 Å². The van der Waals surface area contributed by atoms with Crippen molar-refractivity contribution in [1.29, 1.82) is 0 Å². The number of phosphoric ester groups is 2. The fourth-order valence-corrected chi connectivity index (χ4v) is 12.4. The van der Waals surface area contributed by atoms with Gasteiger partial charge in [0.25, 0.3) is 0 Å². The molecule has 0 fully saturated rings. The molecule has 3 N–H and O–H groups in total. The lowest BCUT2D eigenvalue weighted by Gasteiger charge is -2.21. The number of esters is 4. The molecule has 0 saturated carbocycles. The van der Waals surface area contributed by atoms with Crippen LogP contribution in [-0.4, -0.2) is 96.7 Å². The number of rotatable bonds is 76. The zero-order valence-corrected chi connectivity index (χ0v) is 67.2. The molecule has 5 unspecified atom stereocenters. The van der Waals surface area contributed by atoms with E-state index in [1.807, 2.05) is 12.2 Å². The summed E-state index contributed by atoms with van der Waals surface area (Å²) in [6.45, 7) is 4.58. The summed E-state index contributed by atoms with van der Waals surface area (Å²) in [7, 11) is -9.98. The minimum absolute atomic E-state index is 0.0714. The van der Waals surface area contributed by atoms with Crippen LogP contribution in [0, 0.1) is 0 Å². The fourth-order valence-electron chi connectivity index (χ4n) is 10.8.